The molecule has 1 N–H and O–H groups in total. The molecule has 0 saturated heterocycles. The van der Waals surface area contributed by atoms with E-state index < -0.39 is 0 Å². The minimum atomic E-state index is -0.183. The van der Waals surface area contributed by atoms with Crippen molar-refractivity contribution < 1.29 is 5.11 Å². The second-order valence-corrected chi connectivity index (χ2v) is 8.94. The van der Waals surface area contributed by atoms with Gasteiger partial charge in [0.05, 0.1) is 17.1 Å². The zero-order valence-corrected chi connectivity index (χ0v) is 17.9. The molecule has 0 unspecified atom stereocenters. The minimum Gasteiger partial charge on any atom is -0.493 e. The van der Waals surface area contributed by atoms with E-state index in [1.54, 1.807) is 6.21 Å². The predicted molar refractivity (Wildman–Crippen MR) is 119 cm³/mol. The van der Waals surface area contributed by atoms with Crippen LogP contribution in [0.25, 0.3) is 11.6 Å². The number of hydrogen-bond acceptors (Lipinski definition) is 4. The Bertz CT molecular complexity index is 1110. The lowest BCUT2D eigenvalue weighted by Gasteiger charge is -2.04. The highest BCUT2D eigenvalue weighted by atomic mass is 127. The summed E-state index contributed by atoms with van der Waals surface area (Å²) in [5.74, 6) is -0.0112. The van der Waals surface area contributed by atoms with Gasteiger partial charge in [0.15, 0.2) is 0 Å². The summed E-state index contributed by atoms with van der Waals surface area (Å²) < 4.78 is 3.48. The largest absolute Gasteiger partial charge is 0.493 e. The molecule has 2 heterocycles. The SMILES string of the molecule is O=c1sc(/C=C2/C=Nc3ccc(Br)cc32)c(O)n1Cc1ccc(I)cc1. The minimum absolute atomic E-state index is 0.0112. The first-order chi connectivity index (χ1) is 12.5. The number of allylic oxidation sites excluding steroid dienone is 1. The fourth-order valence-electron chi connectivity index (χ4n) is 2.74. The van der Waals surface area contributed by atoms with Crippen molar-refractivity contribution in [2.45, 2.75) is 6.54 Å². The lowest BCUT2D eigenvalue weighted by Crippen LogP contribution is -2.13. The van der Waals surface area contributed by atoms with Crippen molar-refractivity contribution in [3.63, 3.8) is 0 Å². The Kier molecular flexibility index (Phi) is 4.85. The molecule has 4 rings (SSSR count). The van der Waals surface area contributed by atoms with Crippen LogP contribution in [0.3, 0.4) is 0 Å². The zero-order valence-electron chi connectivity index (χ0n) is 13.3. The monoisotopic (exact) mass is 538 g/mol. The Morgan fingerprint density at radius 1 is 1.23 bits per heavy atom. The molecule has 0 radical (unpaired) electrons. The third-order valence-electron chi connectivity index (χ3n) is 4.05. The quantitative estimate of drug-likeness (QED) is 0.461. The number of thiazole rings is 1. The van der Waals surface area contributed by atoms with Crippen LogP contribution in [0.4, 0.5) is 5.69 Å². The molecule has 0 aliphatic carbocycles. The molecule has 130 valence electrons. The number of halogens is 2. The van der Waals surface area contributed by atoms with Crippen LogP contribution >= 0.6 is 49.9 Å². The number of hydrogen-bond donors (Lipinski definition) is 1. The smallest absolute Gasteiger partial charge is 0.310 e. The van der Waals surface area contributed by atoms with Gasteiger partial charge in [-0.2, -0.15) is 0 Å². The summed E-state index contributed by atoms with van der Waals surface area (Å²) >= 11 is 6.74. The maximum absolute atomic E-state index is 12.4. The average molecular weight is 539 g/mol. The highest BCUT2D eigenvalue weighted by Crippen LogP contribution is 2.36. The van der Waals surface area contributed by atoms with Crippen molar-refractivity contribution in [3.8, 4) is 5.88 Å². The number of aliphatic imine (C=N–C) groups is 1. The second kappa shape index (κ2) is 7.13. The molecule has 0 bridgehead atoms. The maximum atomic E-state index is 12.4. The van der Waals surface area contributed by atoms with E-state index in [0.29, 0.717) is 11.4 Å². The highest BCUT2D eigenvalue weighted by Gasteiger charge is 2.17. The average Bonchev–Trinajstić information content (AvgIpc) is 3.13. The van der Waals surface area contributed by atoms with Gasteiger partial charge in [-0.25, -0.2) is 0 Å². The number of aromatic nitrogens is 1. The Labute approximate surface area is 175 Å². The third kappa shape index (κ3) is 3.43. The predicted octanol–water partition coefficient (Wildman–Crippen LogP) is 5.29. The van der Waals surface area contributed by atoms with Gasteiger partial charge in [-0.3, -0.25) is 14.4 Å². The number of rotatable bonds is 3. The van der Waals surface area contributed by atoms with Gasteiger partial charge in [-0.05, 0) is 64.6 Å². The number of benzene rings is 2. The van der Waals surface area contributed by atoms with Crippen molar-refractivity contribution in [2.75, 3.05) is 0 Å². The molecular weight excluding hydrogens is 527 g/mol. The molecule has 0 fully saturated rings. The van der Waals surface area contributed by atoms with Crippen molar-refractivity contribution in [1.29, 1.82) is 0 Å². The van der Waals surface area contributed by atoms with Gasteiger partial charge < -0.3 is 5.11 Å². The Morgan fingerprint density at radius 2 is 2.00 bits per heavy atom. The molecule has 0 amide bonds. The molecule has 2 aromatic carbocycles. The van der Waals surface area contributed by atoms with Crippen LogP contribution in [-0.2, 0) is 6.54 Å². The molecule has 1 aromatic heterocycles. The molecule has 7 heteroatoms. The standard InChI is InChI=1S/C19H12BrIN2O2S/c20-13-3-6-16-15(8-13)12(9-22-16)7-17-18(24)23(19(25)26-17)10-11-1-4-14(21)5-2-11/h1-9,24H,10H2/b12-7-. The zero-order chi connectivity index (χ0) is 18.3. The summed E-state index contributed by atoms with van der Waals surface area (Å²) in [6.07, 6.45) is 3.57. The van der Waals surface area contributed by atoms with E-state index in [-0.39, 0.29) is 10.8 Å². The summed E-state index contributed by atoms with van der Waals surface area (Å²) in [5, 5.41) is 10.6. The van der Waals surface area contributed by atoms with Crippen LogP contribution in [0.1, 0.15) is 16.0 Å². The van der Waals surface area contributed by atoms with Gasteiger partial charge in [0.1, 0.15) is 0 Å². The van der Waals surface area contributed by atoms with Gasteiger partial charge in [0.25, 0.3) is 0 Å². The molecule has 0 spiro atoms. The Balaban J connectivity index is 1.70. The summed E-state index contributed by atoms with van der Waals surface area (Å²) in [7, 11) is 0. The van der Waals surface area contributed by atoms with Crippen LogP contribution in [-0.4, -0.2) is 15.9 Å². The molecule has 0 atom stereocenters. The Morgan fingerprint density at radius 3 is 2.77 bits per heavy atom. The van der Waals surface area contributed by atoms with Crippen LogP contribution in [0.5, 0.6) is 5.88 Å². The van der Waals surface area contributed by atoms with E-state index >= 15 is 0 Å². The first-order valence-electron chi connectivity index (χ1n) is 7.74. The fraction of sp³-hybridized carbons (Fsp3) is 0.0526. The number of aromatic hydroxyl groups is 1. The second-order valence-electron chi connectivity index (χ2n) is 5.79. The first-order valence-corrected chi connectivity index (χ1v) is 10.4. The summed E-state index contributed by atoms with van der Waals surface area (Å²) in [5.41, 5.74) is 3.70. The Hall–Kier alpha value is -1.71. The molecule has 1 aliphatic heterocycles. The fourth-order valence-corrected chi connectivity index (χ4v) is 4.29. The van der Waals surface area contributed by atoms with Crippen LogP contribution < -0.4 is 4.87 Å². The van der Waals surface area contributed by atoms with Crippen molar-refractivity contribution in [2.24, 2.45) is 4.99 Å². The number of fused-ring (bicyclic) bond motifs is 1. The van der Waals surface area contributed by atoms with Gasteiger partial charge in [-0.15, -0.1) is 0 Å². The lowest BCUT2D eigenvalue weighted by molar-refractivity contribution is 0.420. The van der Waals surface area contributed by atoms with E-state index in [1.807, 2.05) is 48.5 Å². The van der Waals surface area contributed by atoms with E-state index in [1.165, 1.54) is 4.57 Å². The van der Waals surface area contributed by atoms with Crippen molar-refractivity contribution in [3.05, 3.63) is 76.2 Å². The molecular formula is C19H12BrIN2O2S. The third-order valence-corrected chi connectivity index (χ3v) is 6.17. The lowest BCUT2D eigenvalue weighted by atomic mass is 10.1. The van der Waals surface area contributed by atoms with E-state index in [2.05, 4.69) is 43.5 Å². The van der Waals surface area contributed by atoms with Gasteiger partial charge in [0, 0.05) is 25.4 Å². The summed E-state index contributed by atoms with van der Waals surface area (Å²) in [4.78, 5) is 17.1. The highest BCUT2D eigenvalue weighted by molar-refractivity contribution is 14.1. The molecule has 1 aliphatic rings. The maximum Gasteiger partial charge on any atom is 0.310 e. The first kappa shape index (κ1) is 17.7. The topological polar surface area (TPSA) is 54.6 Å². The van der Waals surface area contributed by atoms with Crippen molar-refractivity contribution >= 4 is 73.4 Å². The van der Waals surface area contributed by atoms with Crippen LogP contribution in [0.15, 0.2) is 56.7 Å². The van der Waals surface area contributed by atoms with Gasteiger partial charge in [-0.1, -0.05) is 39.4 Å². The van der Waals surface area contributed by atoms with Gasteiger partial charge in [0.2, 0.25) is 5.88 Å². The van der Waals surface area contributed by atoms with E-state index in [0.717, 1.165) is 41.8 Å². The van der Waals surface area contributed by atoms with E-state index in [9.17, 15) is 9.90 Å². The number of nitrogens with zero attached hydrogens (tertiary/aromatic N) is 2. The van der Waals surface area contributed by atoms with Crippen molar-refractivity contribution in [1.82, 2.24) is 4.57 Å². The van der Waals surface area contributed by atoms with Gasteiger partial charge >= 0.3 is 4.87 Å². The van der Waals surface area contributed by atoms with Crippen LogP contribution in [0, 0.1) is 3.57 Å². The summed E-state index contributed by atoms with van der Waals surface area (Å²) in [6, 6.07) is 13.7. The molecule has 4 nitrogen and oxygen atoms in total. The molecule has 0 saturated carbocycles. The molecule has 3 aromatic rings. The molecule has 26 heavy (non-hydrogen) atoms. The summed E-state index contributed by atoms with van der Waals surface area (Å²) in [6.45, 7) is 0.345. The normalized spacial score (nSPS) is 14.2. The van der Waals surface area contributed by atoms with Crippen LogP contribution in [0.2, 0.25) is 0 Å². The van der Waals surface area contributed by atoms with E-state index in [4.69, 9.17) is 0 Å².